The Kier molecular flexibility index (Phi) is 4.56. The number of nitrogens with one attached hydrogen (secondary N) is 2. The number of hydrogen-bond acceptors (Lipinski definition) is 5. The van der Waals surface area contributed by atoms with E-state index in [1.807, 2.05) is 66.3 Å². The van der Waals surface area contributed by atoms with Crippen LogP contribution in [0.25, 0.3) is 16.9 Å². The van der Waals surface area contributed by atoms with E-state index in [4.69, 9.17) is 16.3 Å². The zero-order valence-electron chi connectivity index (χ0n) is 14.9. The Hall–Kier alpha value is -3.25. The number of imidazole rings is 1. The standard InChI is InChI=1S/C20H18ClN5O/c1-22-14-4-6-15(7-5-14)25-19-20-24-12-17(26(20)10-9-23-19)13-3-8-18(27-2)16(21)11-13/h3-12,22H,1-2H3,(H,23,25). The molecule has 0 saturated carbocycles. The molecular formula is C20H18ClN5O. The summed E-state index contributed by atoms with van der Waals surface area (Å²) in [6.45, 7) is 0. The van der Waals surface area contributed by atoms with Crippen LogP contribution < -0.4 is 15.4 Å². The van der Waals surface area contributed by atoms with Crippen LogP contribution in [0.15, 0.2) is 61.1 Å². The molecule has 2 heterocycles. The summed E-state index contributed by atoms with van der Waals surface area (Å²) in [4.78, 5) is 8.99. The van der Waals surface area contributed by atoms with E-state index in [0.717, 1.165) is 28.3 Å². The maximum Gasteiger partial charge on any atom is 0.180 e. The predicted molar refractivity (Wildman–Crippen MR) is 109 cm³/mol. The molecule has 136 valence electrons. The van der Waals surface area contributed by atoms with Crippen molar-refractivity contribution in [3.05, 3.63) is 66.1 Å². The lowest BCUT2D eigenvalue weighted by Crippen LogP contribution is -1.99. The lowest BCUT2D eigenvalue weighted by atomic mass is 10.1. The minimum absolute atomic E-state index is 0.557. The molecule has 0 aliphatic rings. The van der Waals surface area contributed by atoms with Gasteiger partial charge in [0.1, 0.15) is 5.75 Å². The van der Waals surface area contributed by atoms with Gasteiger partial charge in [0.25, 0.3) is 0 Å². The molecule has 0 amide bonds. The van der Waals surface area contributed by atoms with Crippen molar-refractivity contribution < 1.29 is 4.74 Å². The average molecular weight is 380 g/mol. The monoisotopic (exact) mass is 379 g/mol. The molecule has 4 aromatic rings. The van der Waals surface area contributed by atoms with Crippen LogP contribution in [-0.4, -0.2) is 28.5 Å². The number of hydrogen-bond donors (Lipinski definition) is 2. The van der Waals surface area contributed by atoms with Crippen LogP contribution in [0, 0.1) is 0 Å². The van der Waals surface area contributed by atoms with Crippen molar-refractivity contribution in [1.29, 1.82) is 0 Å². The SMILES string of the molecule is CNc1ccc(Nc2nccn3c(-c4ccc(OC)c(Cl)c4)cnc23)cc1. The molecule has 6 nitrogen and oxygen atoms in total. The van der Waals surface area contributed by atoms with E-state index in [1.165, 1.54) is 0 Å². The molecule has 0 bridgehead atoms. The highest BCUT2D eigenvalue weighted by atomic mass is 35.5. The topological polar surface area (TPSA) is 63.5 Å². The Morgan fingerprint density at radius 2 is 1.81 bits per heavy atom. The first kappa shape index (κ1) is 17.2. The van der Waals surface area contributed by atoms with Crippen LogP contribution in [0.3, 0.4) is 0 Å². The van der Waals surface area contributed by atoms with Gasteiger partial charge >= 0.3 is 0 Å². The first-order chi connectivity index (χ1) is 13.2. The van der Waals surface area contributed by atoms with Gasteiger partial charge in [0.15, 0.2) is 11.5 Å². The summed E-state index contributed by atoms with van der Waals surface area (Å²) in [6, 6.07) is 13.7. The van der Waals surface area contributed by atoms with Gasteiger partial charge in [-0.05, 0) is 42.5 Å². The second-order valence-corrected chi connectivity index (χ2v) is 6.32. The van der Waals surface area contributed by atoms with Crippen LogP contribution in [-0.2, 0) is 0 Å². The van der Waals surface area contributed by atoms with Crippen LogP contribution in [0.4, 0.5) is 17.2 Å². The zero-order valence-corrected chi connectivity index (χ0v) is 15.7. The van der Waals surface area contributed by atoms with Crippen molar-refractivity contribution in [3.63, 3.8) is 0 Å². The van der Waals surface area contributed by atoms with Crippen molar-refractivity contribution in [1.82, 2.24) is 14.4 Å². The molecule has 0 spiro atoms. The quantitative estimate of drug-likeness (QED) is 0.519. The number of aromatic nitrogens is 3. The van der Waals surface area contributed by atoms with Gasteiger partial charge in [0.05, 0.1) is 24.0 Å². The van der Waals surface area contributed by atoms with Crippen LogP contribution in [0.5, 0.6) is 5.75 Å². The molecule has 0 unspecified atom stereocenters. The number of fused-ring (bicyclic) bond motifs is 1. The smallest absolute Gasteiger partial charge is 0.180 e. The first-order valence-electron chi connectivity index (χ1n) is 8.40. The number of anilines is 3. The number of benzene rings is 2. The van der Waals surface area contributed by atoms with Crippen molar-refractivity contribution >= 4 is 34.4 Å². The van der Waals surface area contributed by atoms with Gasteiger partial charge in [-0.3, -0.25) is 4.40 Å². The lowest BCUT2D eigenvalue weighted by Gasteiger charge is -2.09. The van der Waals surface area contributed by atoms with E-state index < -0.39 is 0 Å². The molecule has 0 aliphatic heterocycles. The number of rotatable bonds is 5. The molecular weight excluding hydrogens is 362 g/mol. The summed E-state index contributed by atoms with van der Waals surface area (Å²) in [5.74, 6) is 1.32. The van der Waals surface area contributed by atoms with E-state index in [9.17, 15) is 0 Å². The Balaban J connectivity index is 1.72. The average Bonchev–Trinajstić information content (AvgIpc) is 3.14. The Morgan fingerprint density at radius 1 is 1.04 bits per heavy atom. The van der Waals surface area contributed by atoms with E-state index in [1.54, 1.807) is 13.3 Å². The van der Waals surface area contributed by atoms with Gasteiger partial charge in [-0.25, -0.2) is 9.97 Å². The van der Waals surface area contributed by atoms with E-state index in [-0.39, 0.29) is 0 Å². The highest BCUT2D eigenvalue weighted by molar-refractivity contribution is 6.32. The summed E-state index contributed by atoms with van der Waals surface area (Å²) in [7, 11) is 3.49. The van der Waals surface area contributed by atoms with Gasteiger partial charge in [-0.1, -0.05) is 11.6 Å². The normalized spacial score (nSPS) is 10.8. The molecule has 0 saturated heterocycles. The predicted octanol–water partition coefficient (Wildman–Crippen LogP) is 4.84. The molecule has 2 N–H and O–H groups in total. The molecule has 0 radical (unpaired) electrons. The van der Waals surface area contributed by atoms with E-state index >= 15 is 0 Å². The van der Waals surface area contributed by atoms with Crippen LogP contribution >= 0.6 is 11.6 Å². The fourth-order valence-electron chi connectivity index (χ4n) is 2.90. The van der Waals surface area contributed by atoms with E-state index in [2.05, 4.69) is 20.6 Å². The fourth-order valence-corrected chi connectivity index (χ4v) is 3.16. The third-order valence-electron chi connectivity index (χ3n) is 4.31. The number of nitrogens with zero attached hydrogens (tertiary/aromatic N) is 3. The van der Waals surface area contributed by atoms with Crippen LogP contribution in [0.2, 0.25) is 5.02 Å². The largest absolute Gasteiger partial charge is 0.495 e. The third kappa shape index (κ3) is 3.27. The Labute approximate surface area is 161 Å². The first-order valence-corrected chi connectivity index (χ1v) is 8.78. The Bertz CT molecular complexity index is 1090. The zero-order chi connectivity index (χ0) is 18.8. The van der Waals surface area contributed by atoms with Crippen molar-refractivity contribution in [2.24, 2.45) is 0 Å². The minimum atomic E-state index is 0.557. The Morgan fingerprint density at radius 3 is 2.52 bits per heavy atom. The highest BCUT2D eigenvalue weighted by Gasteiger charge is 2.12. The summed E-state index contributed by atoms with van der Waals surface area (Å²) in [6.07, 6.45) is 5.43. The summed E-state index contributed by atoms with van der Waals surface area (Å²) >= 11 is 6.28. The van der Waals surface area contributed by atoms with Crippen molar-refractivity contribution in [2.45, 2.75) is 0 Å². The summed E-state index contributed by atoms with van der Waals surface area (Å²) < 4.78 is 7.21. The second-order valence-electron chi connectivity index (χ2n) is 5.91. The molecule has 0 aliphatic carbocycles. The second kappa shape index (κ2) is 7.17. The number of ether oxygens (including phenoxy) is 1. The molecule has 7 heteroatoms. The lowest BCUT2D eigenvalue weighted by molar-refractivity contribution is 0.415. The molecule has 27 heavy (non-hydrogen) atoms. The number of halogens is 1. The van der Waals surface area contributed by atoms with Gasteiger partial charge in [0.2, 0.25) is 0 Å². The molecule has 0 atom stereocenters. The van der Waals surface area contributed by atoms with Crippen molar-refractivity contribution in [2.75, 3.05) is 24.8 Å². The molecule has 2 aromatic heterocycles. The maximum absolute atomic E-state index is 6.28. The molecule has 0 fully saturated rings. The summed E-state index contributed by atoms with van der Waals surface area (Å²) in [5.41, 5.74) is 4.59. The van der Waals surface area contributed by atoms with Gasteiger partial charge in [-0.15, -0.1) is 0 Å². The van der Waals surface area contributed by atoms with Crippen molar-refractivity contribution in [3.8, 4) is 17.0 Å². The van der Waals surface area contributed by atoms with E-state index in [0.29, 0.717) is 16.6 Å². The number of methoxy groups -OCH3 is 1. The third-order valence-corrected chi connectivity index (χ3v) is 4.61. The minimum Gasteiger partial charge on any atom is -0.495 e. The van der Waals surface area contributed by atoms with Crippen LogP contribution in [0.1, 0.15) is 0 Å². The molecule has 4 rings (SSSR count). The summed E-state index contributed by atoms with van der Waals surface area (Å²) in [5, 5.41) is 6.98. The van der Waals surface area contributed by atoms with Gasteiger partial charge < -0.3 is 15.4 Å². The van der Waals surface area contributed by atoms with Gasteiger partial charge in [0, 0.05) is 36.4 Å². The maximum atomic E-state index is 6.28. The van der Waals surface area contributed by atoms with Gasteiger partial charge in [-0.2, -0.15) is 0 Å². The molecule has 2 aromatic carbocycles. The fraction of sp³-hybridized carbons (Fsp3) is 0.100. The highest BCUT2D eigenvalue weighted by Crippen LogP contribution is 2.31.